The second-order valence-corrected chi connectivity index (χ2v) is 4.35. The molecule has 0 amide bonds. The molecule has 0 aromatic rings. The number of hydrogen-bond donors (Lipinski definition) is 1. The van der Waals surface area contributed by atoms with Gasteiger partial charge in [0.2, 0.25) is 0 Å². The Kier molecular flexibility index (Phi) is 5.85. The van der Waals surface area contributed by atoms with Gasteiger partial charge < -0.3 is 5.32 Å². The minimum absolute atomic E-state index is 0.242. The molecule has 0 aliphatic heterocycles. The van der Waals surface area contributed by atoms with Gasteiger partial charge in [0, 0.05) is 17.7 Å². The zero-order valence-electron chi connectivity index (χ0n) is 9.74. The van der Waals surface area contributed by atoms with Gasteiger partial charge in [0.05, 0.1) is 0 Å². The maximum atomic E-state index is 4.08. The summed E-state index contributed by atoms with van der Waals surface area (Å²) in [4.78, 5) is 0. The van der Waals surface area contributed by atoms with Gasteiger partial charge in [-0.3, -0.25) is 0 Å². The van der Waals surface area contributed by atoms with Gasteiger partial charge in [0.25, 0.3) is 0 Å². The number of rotatable bonds is 7. The summed E-state index contributed by atoms with van der Waals surface area (Å²) in [5, 5.41) is 3.41. The maximum Gasteiger partial charge on any atom is 0.0143 e. The molecular formula is C12H25N. The molecule has 0 heterocycles. The molecule has 1 heteroatoms. The summed E-state index contributed by atoms with van der Waals surface area (Å²) in [6.07, 6.45) is 5.00. The number of allylic oxidation sites excluding steroid dienone is 1. The minimum atomic E-state index is 0.242. The molecule has 0 aromatic carbocycles. The van der Waals surface area contributed by atoms with Crippen LogP contribution in [0.3, 0.4) is 0 Å². The first kappa shape index (κ1) is 12.5. The van der Waals surface area contributed by atoms with E-state index in [9.17, 15) is 0 Å². The van der Waals surface area contributed by atoms with E-state index >= 15 is 0 Å². The molecule has 78 valence electrons. The maximum absolute atomic E-state index is 4.08. The zero-order valence-corrected chi connectivity index (χ0v) is 9.74. The number of nitrogens with one attached hydrogen (secondary N) is 1. The van der Waals surface area contributed by atoms with Gasteiger partial charge in [-0.2, -0.15) is 0 Å². The third kappa shape index (κ3) is 4.97. The summed E-state index contributed by atoms with van der Waals surface area (Å²) >= 11 is 0. The Bertz CT molecular complexity index is 147. The first-order valence-electron chi connectivity index (χ1n) is 5.47. The van der Waals surface area contributed by atoms with Crippen LogP contribution >= 0.6 is 0 Å². The van der Waals surface area contributed by atoms with Crippen molar-refractivity contribution < 1.29 is 0 Å². The van der Waals surface area contributed by atoms with E-state index in [2.05, 4.69) is 39.6 Å². The Hall–Kier alpha value is -0.460. The molecule has 0 spiro atoms. The van der Waals surface area contributed by atoms with E-state index in [0.717, 1.165) is 13.0 Å². The van der Waals surface area contributed by atoms with Crippen LogP contribution in [0.25, 0.3) is 0 Å². The summed E-state index contributed by atoms with van der Waals surface area (Å²) in [5.41, 5.74) is 1.43. The molecule has 0 aromatic heterocycles. The monoisotopic (exact) mass is 183 g/mol. The van der Waals surface area contributed by atoms with E-state index in [1.807, 2.05) is 0 Å². The highest BCUT2D eigenvalue weighted by Crippen LogP contribution is 2.26. The smallest absolute Gasteiger partial charge is 0.0143 e. The molecule has 1 nitrogen and oxygen atoms in total. The van der Waals surface area contributed by atoms with Gasteiger partial charge in [-0.15, -0.1) is 0 Å². The average Bonchev–Trinajstić information content (AvgIpc) is 2.12. The van der Waals surface area contributed by atoms with E-state index in [1.54, 1.807) is 0 Å². The highest BCUT2D eigenvalue weighted by Gasteiger charge is 2.18. The quantitative estimate of drug-likeness (QED) is 0.593. The lowest BCUT2D eigenvalue weighted by Crippen LogP contribution is -2.26. The van der Waals surface area contributed by atoms with E-state index in [4.69, 9.17) is 0 Å². The predicted molar refractivity (Wildman–Crippen MR) is 60.7 cm³/mol. The van der Waals surface area contributed by atoms with Crippen LogP contribution in [0.15, 0.2) is 12.3 Å². The van der Waals surface area contributed by atoms with Crippen molar-refractivity contribution in [2.45, 2.75) is 53.4 Å². The van der Waals surface area contributed by atoms with Crippen LogP contribution in [0.5, 0.6) is 0 Å². The summed E-state index contributed by atoms with van der Waals surface area (Å²) in [6.45, 7) is 14.1. The predicted octanol–water partition coefficient (Wildman–Crippen LogP) is 3.72. The Morgan fingerprint density at radius 1 is 1.23 bits per heavy atom. The molecule has 0 rings (SSSR count). The van der Waals surface area contributed by atoms with Gasteiger partial charge in [-0.05, 0) is 12.8 Å². The third-order valence-electron chi connectivity index (χ3n) is 2.82. The summed E-state index contributed by atoms with van der Waals surface area (Å²) in [6, 6.07) is 0. The lowest BCUT2D eigenvalue weighted by Gasteiger charge is -2.26. The highest BCUT2D eigenvalue weighted by molar-refractivity contribution is 5.03. The van der Waals surface area contributed by atoms with E-state index < -0.39 is 0 Å². The van der Waals surface area contributed by atoms with E-state index in [1.165, 1.54) is 25.0 Å². The standard InChI is InChI=1S/C12H25N/c1-6-8-9-10-13-11(3)12(4,5)7-2/h13H,3,6-10H2,1-2,4-5H3. The SMILES string of the molecule is C=C(NCCCCC)C(C)(C)CC. The summed E-state index contributed by atoms with van der Waals surface area (Å²) in [7, 11) is 0. The topological polar surface area (TPSA) is 12.0 Å². The first-order chi connectivity index (χ1) is 6.04. The van der Waals surface area contributed by atoms with Gasteiger partial charge in [-0.1, -0.05) is 47.1 Å². The molecule has 0 aliphatic rings. The summed E-state index contributed by atoms with van der Waals surface area (Å²) in [5.74, 6) is 0. The molecule has 1 N–H and O–H groups in total. The van der Waals surface area contributed by atoms with Gasteiger partial charge in [0.15, 0.2) is 0 Å². The second kappa shape index (κ2) is 6.06. The van der Waals surface area contributed by atoms with Crippen molar-refractivity contribution in [3.8, 4) is 0 Å². The Labute approximate surface area is 83.6 Å². The Morgan fingerprint density at radius 3 is 2.31 bits per heavy atom. The second-order valence-electron chi connectivity index (χ2n) is 4.35. The molecule has 0 saturated heterocycles. The van der Waals surface area contributed by atoms with Gasteiger partial charge in [0.1, 0.15) is 0 Å². The average molecular weight is 183 g/mol. The van der Waals surface area contributed by atoms with Crippen molar-refractivity contribution in [1.29, 1.82) is 0 Å². The number of unbranched alkanes of at least 4 members (excludes halogenated alkanes) is 2. The fourth-order valence-electron chi connectivity index (χ4n) is 1.07. The highest BCUT2D eigenvalue weighted by atomic mass is 14.9. The lowest BCUT2D eigenvalue weighted by molar-refractivity contribution is 0.397. The molecular weight excluding hydrogens is 158 g/mol. The van der Waals surface area contributed by atoms with Crippen LogP contribution in [-0.2, 0) is 0 Å². The molecule has 0 bridgehead atoms. The fourth-order valence-corrected chi connectivity index (χ4v) is 1.07. The van der Waals surface area contributed by atoms with Crippen LogP contribution in [0.2, 0.25) is 0 Å². The fraction of sp³-hybridized carbons (Fsp3) is 0.833. The van der Waals surface area contributed by atoms with Gasteiger partial charge >= 0.3 is 0 Å². The van der Waals surface area contributed by atoms with Crippen LogP contribution in [0.1, 0.15) is 53.4 Å². The molecule has 0 fully saturated rings. The first-order valence-corrected chi connectivity index (χ1v) is 5.47. The summed E-state index contributed by atoms with van der Waals surface area (Å²) < 4.78 is 0. The van der Waals surface area contributed by atoms with Crippen molar-refractivity contribution in [1.82, 2.24) is 5.32 Å². The Balaban J connectivity index is 3.62. The van der Waals surface area contributed by atoms with E-state index in [-0.39, 0.29) is 5.41 Å². The molecule has 0 aliphatic carbocycles. The van der Waals surface area contributed by atoms with Gasteiger partial charge in [-0.25, -0.2) is 0 Å². The van der Waals surface area contributed by atoms with Crippen LogP contribution in [0.4, 0.5) is 0 Å². The largest absolute Gasteiger partial charge is 0.388 e. The third-order valence-corrected chi connectivity index (χ3v) is 2.82. The van der Waals surface area contributed by atoms with Crippen molar-refractivity contribution in [2.75, 3.05) is 6.54 Å². The van der Waals surface area contributed by atoms with Crippen molar-refractivity contribution in [3.05, 3.63) is 12.3 Å². The molecule has 0 radical (unpaired) electrons. The zero-order chi connectivity index (χ0) is 10.3. The van der Waals surface area contributed by atoms with Crippen LogP contribution < -0.4 is 5.32 Å². The van der Waals surface area contributed by atoms with E-state index in [0.29, 0.717) is 0 Å². The Morgan fingerprint density at radius 2 is 1.85 bits per heavy atom. The van der Waals surface area contributed by atoms with Crippen LogP contribution in [0, 0.1) is 5.41 Å². The van der Waals surface area contributed by atoms with Crippen LogP contribution in [-0.4, -0.2) is 6.54 Å². The number of hydrogen-bond acceptors (Lipinski definition) is 1. The van der Waals surface area contributed by atoms with Crippen molar-refractivity contribution in [3.63, 3.8) is 0 Å². The van der Waals surface area contributed by atoms with Crippen molar-refractivity contribution in [2.24, 2.45) is 5.41 Å². The lowest BCUT2D eigenvalue weighted by atomic mass is 9.87. The minimum Gasteiger partial charge on any atom is -0.388 e. The normalized spacial score (nSPS) is 11.4. The molecule has 0 saturated carbocycles. The molecule has 0 unspecified atom stereocenters. The molecule has 13 heavy (non-hydrogen) atoms. The van der Waals surface area contributed by atoms with Crippen molar-refractivity contribution >= 4 is 0 Å². The molecule has 0 atom stereocenters.